The number of carbonyl (C=O) groups is 2. The molecule has 2 fully saturated rings. The second-order valence-electron chi connectivity index (χ2n) is 8.19. The van der Waals surface area contributed by atoms with Crippen LogP contribution in [0.2, 0.25) is 0 Å². The highest BCUT2D eigenvalue weighted by atomic mass is 16.2. The summed E-state index contributed by atoms with van der Waals surface area (Å²) >= 11 is 0. The molecule has 0 radical (unpaired) electrons. The molecule has 4 unspecified atom stereocenters. The molecule has 2 N–H and O–H groups in total. The van der Waals surface area contributed by atoms with Gasteiger partial charge in [-0.05, 0) is 36.0 Å². The number of allylic oxidation sites excluding steroid dienone is 2. The van der Waals surface area contributed by atoms with Crippen molar-refractivity contribution in [3.8, 4) is 5.69 Å². The number of likely N-dealkylation sites (tertiary alicyclic amines) is 1. The maximum absolute atomic E-state index is 12.7. The predicted molar refractivity (Wildman–Crippen MR) is 114 cm³/mol. The fraction of sp³-hybridized carbons (Fsp3) is 0.409. The standard InChI is InChI=1S/C22H25N7O2/c1-23-22(26-11-14-2-6-17(7-3-14)29-13-24-12-27-29)25-8-9-28-20(30)18-15-4-5-16(10-15)19(18)21(28)31/h2-7,12-13,15-16,18-19H,8-11H2,1H3,(H2,23,25,26). The first kappa shape index (κ1) is 19.5. The van der Waals surface area contributed by atoms with Crippen molar-refractivity contribution in [3.05, 3.63) is 54.6 Å². The van der Waals surface area contributed by atoms with E-state index in [4.69, 9.17) is 0 Å². The normalized spacial score (nSPS) is 26.6. The van der Waals surface area contributed by atoms with Gasteiger partial charge in [-0.2, -0.15) is 5.10 Å². The predicted octanol–water partition coefficient (Wildman–Crippen LogP) is 0.739. The largest absolute Gasteiger partial charge is 0.355 e. The van der Waals surface area contributed by atoms with Crippen LogP contribution in [-0.2, 0) is 16.1 Å². The van der Waals surface area contributed by atoms with E-state index in [9.17, 15) is 9.59 Å². The van der Waals surface area contributed by atoms with Gasteiger partial charge in [0.25, 0.3) is 0 Å². The summed E-state index contributed by atoms with van der Waals surface area (Å²) in [5, 5.41) is 10.6. The van der Waals surface area contributed by atoms with Crippen molar-refractivity contribution in [1.29, 1.82) is 0 Å². The third kappa shape index (κ3) is 3.49. The molecule has 2 heterocycles. The summed E-state index contributed by atoms with van der Waals surface area (Å²) in [7, 11) is 1.70. The number of aliphatic imine (C=N–C) groups is 1. The van der Waals surface area contributed by atoms with Crippen molar-refractivity contribution in [1.82, 2.24) is 30.3 Å². The van der Waals surface area contributed by atoms with E-state index in [0.717, 1.165) is 17.7 Å². The first-order valence-corrected chi connectivity index (χ1v) is 10.6. The number of hydrogen-bond acceptors (Lipinski definition) is 5. The van der Waals surface area contributed by atoms with E-state index in [1.807, 2.05) is 24.3 Å². The minimum Gasteiger partial charge on any atom is -0.355 e. The number of rotatable bonds is 6. The van der Waals surface area contributed by atoms with Crippen molar-refractivity contribution in [3.63, 3.8) is 0 Å². The van der Waals surface area contributed by atoms with Gasteiger partial charge >= 0.3 is 0 Å². The summed E-state index contributed by atoms with van der Waals surface area (Å²) in [5.41, 5.74) is 2.03. The lowest BCUT2D eigenvalue weighted by molar-refractivity contribution is -0.140. The Hall–Kier alpha value is -3.49. The molecule has 1 aliphatic heterocycles. The van der Waals surface area contributed by atoms with Crippen LogP contribution in [-0.4, -0.2) is 57.6 Å². The number of aromatic nitrogens is 3. The van der Waals surface area contributed by atoms with Crippen LogP contribution in [0.5, 0.6) is 0 Å². The van der Waals surface area contributed by atoms with Crippen LogP contribution in [0.3, 0.4) is 0 Å². The lowest BCUT2D eigenvalue weighted by atomic mass is 9.85. The highest BCUT2D eigenvalue weighted by Crippen LogP contribution is 2.52. The van der Waals surface area contributed by atoms with Crippen molar-refractivity contribution < 1.29 is 9.59 Å². The summed E-state index contributed by atoms with van der Waals surface area (Å²) < 4.78 is 1.70. The van der Waals surface area contributed by atoms with Crippen LogP contribution in [0.25, 0.3) is 5.69 Å². The Balaban J connectivity index is 1.11. The van der Waals surface area contributed by atoms with Gasteiger partial charge in [0, 0.05) is 26.7 Å². The third-order valence-electron chi connectivity index (χ3n) is 6.49. The SMILES string of the molecule is CN=C(NCCN1C(=O)C2C3C=CC(C3)C2C1=O)NCc1ccc(-n2cncn2)cc1. The average molecular weight is 419 g/mol. The number of carbonyl (C=O) groups excluding carboxylic acids is 2. The lowest BCUT2D eigenvalue weighted by Gasteiger charge is -2.18. The highest BCUT2D eigenvalue weighted by molar-refractivity contribution is 6.06. The molecule has 2 aromatic rings. The van der Waals surface area contributed by atoms with Gasteiger partial charge in [0.1, 0.15) is 12.7 Å². The zero-order valence-corrected chi connectivity index (χ0v) is 17.3. The van der Waals surface area contributed by atoms with E-state index in [1.165, 1.54) is 11.2 Å². The zero-order valence-electron chi connectivity index (χ0n) is 17.3. The molecule has 9 heteroatoms. The smallest absolute Gasteiger partial charge is 0.233 e. The van der Waals surface area contributed by atoms with Gasteiger partial charge in [0.05, 0.1) is 17.5 Å². The second-order valence-corrected chi connectivity index (χ2v) is 8.19. The molecule has 0 spiro atoms. The van der Waals surface area contributed by atoms with Gasteiger partial charge in [-0.3, -0.25) is 19.5 Å². The monoisotopic (exact) mass is 419 g/mol. The fourth-order valence-electron chi connectivity index (χ4n) is 4.99. The summed E-state index contributed by atoms with van der Waals surface area (Å²) in [5.74, 6) is 0.819. The second kappa shape index (κ2) is 7.98. The molecular weight excluding hydrogens is 394 g/mol. The van der Waals surface area contributed by atoms with Gasteiger partial charge in [-0.1, -0.05) is 24.3 Å². The van der Waals surface area contributed by atoms with Crippen molar-refractivity contribution in [2.45, 2.75) is 13.0 Å². The fourth-order valence-corrected chi connectivity index (χ4v) is 4.99. The van der Waals surface area contributed by atoms with Crippen LogP contribution >= 0.6 is 0 Å². The van der Waals surface area contributed by atoms with Crippen molar-refractivity contribution in [2.75, 3.05) is 20.1 Å². The van der Waals surface area contributed by atoms with Gasteiger partial charge in [-0.25, -0.2) is 9.67 Å². The van der Waals surface area contributed by atoms with Crippen molar-refractivity contribution >= 4 is 17.8 Å². The van der Waals surface area contributed by atoms with Crippen LogP contribution < -0.4 is 10.6 Å². The molecule has 1 aromatic heterocycles. The molecule has 3 aliphatic rings. The van der Waals surface area contributed by atoms with E-state index in [2.05, 4.69) is 37.9 Å². The molecule has 2 aliphatic carbocycles. The molecule has 2 amide bonds. The molecule has 4 atom stereocenters. The molecule has 1 saturated heterocycles. The summed E-state index contributed by atoms with van der Waals surface area (Å²) in [6.45, 7) is 1.42. The Bertz CT molecular complexity index is 999. The Morgan fingerprint density at radius 1 is 1.10 bits per heavy atom. The molecular formula is C22H25N7O2. The quantitative estimate of drug-likeness (QED) is 0.310. The molecule has 1 aromatic carbocycles. The minimum atomic E-state index is -0.138. The van der Waals surface area contributed by atoms with Gasteiger partial charge in [0.2, 0.25) is 11.8 Å². The summed E-state index contributed by atoms with van der Waals surface area (Å²) in [6, 6.07) is 7.98. The number of guanidine groups is 1. The molecule has 160 valence electrons. The zero-order chi connectivity index (χ0) is 21.4. The van der Waals surface area contributed by atoms with E-state index in [0.29, 0.717) is 25.6 Å². The van der Waals surface area contributed by atoms with E-state index in [1.54, 1.807) is 18.1 Å². The van der Waals surface area contributed by atoms with Gasteiger partial charge in [-0.15, -0.1) is 0 Å². The Kier molecular flexibility index (Phi) is 5.01. The Labute approximate surface area is 180 Å². The van der Waals surface area contributed by atoms with E-state index >= 15 is 0 Å². The van der Waals surface area contributed by atoms with Crippen LogP contribution in [0.1, 0.15) is 12.0 Å². The molecule has 1 saturated carbocycles. The van der Waals surface area contributed by atoms with Crippen LogP contribution in [0, 0.1) is 23.7 Å². The third-order valence-corrected chi connectivity index (χ3v) is 6.49. The maximum Gasteiger partial charge on any atom is 0.233 e. The van der Waals surface area contributed by atoms with Gasteiger partial charge < -0.3 is 10.6 Å². The first-order chi connectivity index (χ1) is 15.2. The molecule has 31 heavy (non-hydrogen) atoms. The summed E-state index contributed by atoms with van der Waals surface area (Å²) in [4.78, 5) is 35.1. The van der Waals surface area contributed by atoms with Crippen LogP contribution in [0.4, 0.5) is 0 Å². The number of fused-ring (bicyclic) bond motifs is 5. The number of hydrogen-bond donors (Lipinski definition) is 2. The first-order valence-electron chi connectivity index (χ1n) is 10.6. The van der Waals surface area contributed by atoms with E-state index < -0.39 is 0 Å². The molecule has 5 rings (SSSR count). The summed E-state index contributed by atoms with van der Waals surface area (Å²) in [6.07, 6.45) is 8.34. The highest BCUT2D eigenvalue weighted by Gasteiger charge is 2.58. The number of nitrogens with one attached hydrogen (secondary N) is 2. The van der Waals surface area contributed by atoms with Crippen molar-refractivity contribution in [2.24, 2.45) is 28.7 Å². The molecule has 9 nitrogen and oxygen atoms in total. The number of imide groups is 1. The number of benzene rings is 1. The molecule has 2 bridgehead atoms. The Morgan fingerprint density at radius 3 is 2.42 bits per heavy atom. The Morgan fingerprint density at radius 2 is 1.81 bits per heavy atom. The van der Waals surface area contributed by atoms with Gasteiger partial charge in [0.15, 0.2) is 5.96 Å². The van der Waals surface area contributed by atoms with E-state index in [-0.39, 0.29) is 35.5 Å². The maximum atomic E-state index is 12.7. The minimum absolute atomic E-state index is 0.0101. The lowest BCUT2D eigenvalue weighted by Crippen LogP contribution is -2.43. The number of amides is 2. The van der Waals surface area contributed by atoms with Crippen LogP contribution in [0.15, 0.2) is 54.1 Å². The number of nitrogens with zero attached hydrogens (tertiary/aromatic N) is 5. The topological polar surface area (TPSA) is 105 Å². The average Bonchev–Trinajstić information content (AvgIpc) is 3.58.